The topological polar surface area (TPSA) is 34.1 Å². The van der Waals surface area contributed by atoms with Crippen molar-refractivity contribution in [3.8, 4) is 0 Å². The largest absolute Gasteiger partial charge is 0.299 e. The third-order valence-electron chi connectivity index (χ3n) is 2.89. The molecule has 0 aliphatic rings. The van der Waals surface area contributed by atoms with E-state index in [1.54, 1.807) is 12.2 Å². The Hall–Kier alpha value is -0.336. The Morgan fingerprint density at radius 1 is 0.652 bits per heavy atom. The van der Waals surface area contributed by atoms with Gasteiger partial charge < -0.3 is 0 Å². The summed E-state index contributed by atoms with van der Waals surface area (Å²) in [5.74, 6) is 0. The van der Waals surface area contributed by atoms with E-state index in [0.717, 1.165) is 49.4 Å². The molecule has 0 atom stereocenters. The van der Waals surface area contributed by atoms with Gasteiger partial charge in [-0.15, -0.1) is 0 Å². The van der Waals surface area contributed by atoms with Gasteiger partial charge in [0.1, 0.15) is 12.6 Å². The van der Waals surface area contributed by atoms with Crippen LogP contribution >= 0.6 is 0 Å². The smallest absolute Gasteiger partial charge is 0.142 e. The van der Waals surface area contributed by atoms with Crippen LogP contribution in [0.25, 0.3) is 0 Å². The number of carbonyl (C=O) groups excluding carboxylic acids is 2. The van der Waals surface area contributed by atoms with Crippen molar-refractivity contribution in [2.24, 2.45) is 0 Å². The first-order chi connectivity index (χ1) is 10.3. The van der Waals surface area contributed by atoms with E-state index in [-0.39, 0.29) is 41.3 Å². The molecule has 3 heteroatoms. The van der Waals surface area contributed by atoms with Gasteiger partial charge in [0.05, 0.1) is 0 Å². The minimum atomic E-state index is 0. The Bertz CT molecular complexity index is 391. The van der Waals surface area contributed by atoms with Gasteiger partial charge in [-0.05, 0) is 79.4 Å². The number of hydrogen-bond acceptors (Lipinski definition) is 2. The molecule has 0 bridgehead atoms. The minimum Gasteiger partial charge on any atom is -0.299 e. The van der Waals surface area contributed by atoms with Crippen molar-refractivity contribution < 1.29 is 50.9 Å². The van der Waals surface area contributed by atoms with Crippen LogP contribution in [0.15, 0.2) is 46.6 Å². The van der Waals surface area contributed by atoms with Crippen LogP contribution in [0, 0.1) is 41.3 Å². The molecule has 0 aliphatic carbocycles. The van der Waals surface area contributed by atoms with Gasteiger partial charge in [0.2, 0.25) is 0 Å². The summed E-state index contributed by atoms with van der Waals surface area (Å²) in [7, 11) is 0. The Labute approximate surface area is 176 Å². The molecule has 0 N–H and O–H groups in total. The second-order valence-electron chi connectivity index (χ2n) is 5.94. The van der Waals surface area contributed by atoms with Gasteiger partial charge in [-0.3, -0.25) is 9.59 Å². The fourth-order valence-corrected chi connectivity index (χ4v) is 1.58. The predicted octanol–water partition coefficient (Wildman–Crippen LogP) is 5.76. The zero-order valence-electron chi connectivity index (χ0n) is 15.7. The molecular formula is C20H32O2Pr. The van der Waals surface area contributed by atoms with Gasteiger partial charge in [-0.1, -0.05) is 34.4 Å². The first-order valence-corrected chi connectivity index (χ1v) is 7.82. The van der Waals surface area contributed by atoms with Crippen LogP contribution in [-0.2, 0) is 9.59 Å². The summed E-state index contributed by atoms with van der Waals surface area (Å²) in [5, 5.41) is 0. The quantitative estimate of drug-likeness (QED) is 0.271. The monoisotopic (exact) mass is 445 g/mol. The molecule has 0 aromatic carbocycles. The molecule has 0 spiro atoms. The summed E-state index contributed by atoms with van der Waals surface area (Å²) >= 11 is 0. The molecule has 0 aliphatic heterocycles. The van der Waals surface area contributed by atoms with Crippen LogP contribution in [0.4, 0.5) is 0 Å². The van der Waals surface area contributed by atoms with Gasteiger partial charge in [0, 0.05) is 41.3 Å². The summed E-state index contributed by atoms with van der Waals surface area (Å²) in [6, 6.07) is 0. The standard InChI is InChI=1S/2C10H16O.Pr/c2*1-9(2)5-4-6-10(3)7-8-11;/h2*5,7-8H,4,6H2,1-3H3;/b2*10-7-;. The van der Waals surface area contributed by atoms with E-state index in [1.165, 1.54) is 11.1 Å². The van der Waals surface area contributed by atoms with Crippen LogP contribution in [0.1, 0.15) is 67.2 Å². The fourth-order valence-electron chi connectivity index (χ4n) is 1.58. The van der Waals surface area contributed by atoms with E-state index in [9.17, 15) is 9.59 Å². The molecule has 0 aromatic rings. The van der Waals surface area contributed by atoms with Crippen molar-refractivity contribution >= 4 is 12.6 Å². The van der Waals surface area contributed by atoms with E-state index in [1.807, 2.05) is 13.8 Å². The fraction of sp³-hybridized carbons (Fsp3) is 0.500. The summed E-state index contributed by atoms with van der Waals surface area (Å²) in [5.41, 5.74) is 4.97. The average molecular weight is 445 g/mol. The first kappa shape index (κ1) is 27.5. The molecular weight excluding hydrogens is 413 g/mol. The molecule has 0 aromatic heterocycles. The van der Waals surface area contributed by atoms with Crippen molar-refractivity contribution in [2.45, 2.75) is 67.2 Å². The summed E-state index contributed by atoms with van der Waals surface area (Å²) in [6.45, 7) is 12.3. The van der Waals surface area contributed by atoms with E-state index >= 15 is 0 Å². The Morgan fingerprint density at radius 3 is 1.17 bits per heavy atom. The molecule has 1 radical (unpaired) electrons. The molecule has 127 valence electrons. The molecule has 23 heavy (non-hydrogen) atoms. The zero-order chi connectivity index (χ0) is 17.4. The number of rotatable bonds is 8. The maximum Gasteiger partial charge on any atom is 0.142 e. The van der Waals surface area contributed by atoms with Gasteiger partial charge in [-0.2, -0.15) is 0 Å². The van der Waals surface area contributed by atoms with Crippen molar-refractivity contribution in [3.63, 3.8) is 0 Å². The summed E-state index contributed by atoms with van der Waals surface area (Å²) in [6.07, 6.45) is 13.4. The Kier molecular flexibility index (Phi) is 23.6. The zero-order valence-corrected chi connectivity index (χ0v) is 19.4. The SMILES string of the molecule is CC(C)=CCC/C(C)=C\C=O.CC(C)=CCC/C(C)=C\C=O.[Pr]. The van der Waals surface area contributed by atoms with Crippen LogP contribution in [0.2, 0.25) is 0 Å². The molecule has 0 amide bonds. The predicted molar refractivity (Wildman–Crippen MR) is 97.0 cm³/mol. The van der Waals surface area contributed by atoms with Crippen LogP contribution in [-0.4, -0.2) is 12.6 Å². The minimum absolute atomic E-state index is 0. The third-order valence-corrected chi connectivity index (χ3v) is 2.89. The van der Waals surface area contributed by atoms with E-state index in [4.69, 9.17) is 0 Å². The number of aldehydes is 2. The van der Waals surface area contributed by atoms with Crippen molar-refractivity contribution in [3.05, 3.63) is 46.6 Å². The van der Waals surface area contributed by atoms with Crippen molar-refractivity contribution in [1.29, 1.82) is 0 Å². The normalized spacial score (nSPS) is 10.5. The van der Waals surface area contributed by atoms with Gasteiger partial charge in [0.25, 0.3) is 0 Å². The molecule has 0 unspecified atom stereocenters. The molecule has 0 rings (SSSR count). The van der Waals surface area contributed by atoms with Gasteiger partial charge in [-0.25, -0.2) is 0 Å². The Balaban J connectivity index is -0.000000333. The van der Waals surface area contributed by atoms with E-state index < -0.39 is 0 Å². The maximum absolute atomic E-state index is 10.0. The summed E-state index contributed by atoms with van der Waals surface area (Å²) < 4.78 is 0. The second-order valence-corrected chi connectivity index (χ2v) is 5.94. The third kappa shape index (κ3) is 26.8. The molecule has 0 heterocycles. The van der Waals surface area contributed by atoms with Gasteiger partial charge >= 0.3 is 0 Å². The average Bonchev–Trinajstić information content (AvgIpc) is 2.39. The molecule has 0 saturated heterocycles. The Morgan fingerprint density at radius 2 is 0.957 bits per heavy atom. The maximum atomic E-state index is 10.0. The molecule has 0 saturated carbocycles. The molecule has 0 fully saturated rings. The van der Waals surface area contributed by atoms with Gasteiger partial charge in [0.15, 0.2) is 0 Å². The second kappa shape index (κ2) is 19.7. The van der Waals surface area contributed by atoms with E-state index in [2.05, 4.69) is 39.8 Å². The van der Waals surface area contributed by atoms with Crippen LogP contribution in [0.3, 0.4) is 0 Å². The number of hydrogen-bond donors (Lipinski definition) is 0. The number of carbonyl (C=O) groups is 2. The first-order valence-electron chi connectivity index (χ1n) is 7.82. The van der Waals surface area contributed by atoms with Crippen molar-refractivity contribution in [2.75, 3.05) is 0 Å². The molecule has 2 nitrogen and oxygen atoms in total. The van der Waals surface area contributed by atoms with Crippen molar-refractivity contribution in [1.82, 2.24) is 0 Å². The number of allylic oxidation sites excluding steroid dienone is 8. The van der Waals surface area contributed by atoms with Crippen LogP contribution < -0.4 is 0 Å². The van der Waals surface area contributed by atoms with E-state index in [0.29, 0.717) is 0 Å². The van der Waals surface area contributed by atoms with Crippen LogP contribution in [0.5, 0.6) is 0 Å². The summed E-state index contributed by atoms with van der Waals surface area (Å²) in [4.78, 5) is 20.0.